The molecule has 0 fully saturated rings. The van der Waals surface area contributed by atoms with E-state index in [9.17, 15) is 9.59 Å². The third kappa shape index (κ3) is 6.19. The molecule has 0 spiro atoms. The second kappa shape index (κ2) is 10.8. The van der Waals surface area contributed by atoms with Crippen molar-refractivity contribution in [3.63, 3.8) is 0 Å². The molecular weight excluding hydrogens is 434 g/mol. The topological polar surface area (TPSA) is 101 Å². The first kappa shape index (κ1) is 22.6. The Morgan fingerprint density at radius 2 is 1.90 bits per heavy atom. The molecule has 2 aromatic heterocycles. The standard InChI is InChI=1S/C22H22ClN5O2S/c1-2-12-28(22(24)30)19-13-15(9-11-25-19)14-31-21-18(4-3-10-26-21)20(29)27-17-7-5-16(23)6-8-17/h3-11,13H,2,12,14H2,1H3,(H2,24,30)(H,27,29). The van der Waals surface area contributed by atoms with Crippen LogP contribution in [-0.2, 0) is 5.75 Å². The van der Waals surface area contributed by atoms with Crippen molar-refractivity contribution in [2.45, 2.75) is 24.1 Å². The van der Waals surface area contributed by atoms with Crippen molar-refractivity contribution in [2.75, 3.05) is 16.8 Å². The lowest BCUT2D eigenvalue weighted by atomic mass is 10.2. The number of amides is 3. The fourth-order valence-corrected chi connectivity index (χ4v) is 3.88. The molecule has 0 saturated carbocycles. The van der Waals surface area contributed by atoms with Gasteiger partial charge in [-0.25, -0.2) is 14.8 Å². The second-order valence-electron chi connectivity index (χ2n) is 6.62. The summed E-state index contributed by atoms with van der Waals surface area (Å²) in [6.45, 7) is 2.46. The van der Waals surface area contributed by atoms with E-state index in [0.29, 0.717) is 39.4 Å². The van der Waals surface area contributed by atoms with E-state index in [1.807, 2.05) is 19.1 Å². The van der Waals surface area contributed by atoms with E-state index in [4.69, 9.17) is 17.3 Å². The zero-order chi connectivity index (χ0) is 22.2. The smallest absolute Gasteiger partial charge is 0.320 e. The summed E-state index contributed by atoms with van der Waals surface area (Å²) < 4.78 is 0. The molecule has 0 saturated heterocycles. The van der Waals surface area contributed by atoms with E-state index in [1.54, 1.807) is 48.8 Å². The average Bonchev–Trinajstić information content (AvgIpc) is 2.77. The maximum atomic E-state index is 12.8. The first-order chi connectivity index (χ1) is 15.0. The van der Waals surface area contributed by atoms with Crippen LogP contribution in [0.15, 0.2) is 66.0 Å². The highest BCUT2D eigenvalue weighted by atomic mass is 35.5. The van der Waals surface area contributed by atoms with Gasteiger partial charge in [-0.3, -0.25) is 9.69 Å². The number of carbonyl (C=O) groups is 2. The van der Waals surface area contributed by atoms with Crippen molar-refractivity contribution in [2.24, 2.45) is 5.73 Å². The van der Waals surface area contributed by atoms with Crippen LogP contribution in [-0.4, -0.2) is 28.5 Å². The molecule has 0 radical (unpaired) electrons. The number of primary amides is 1. The molecule has 0 atom stereocenters. The van der Waals surface area contributed by atoms with E-state index < -0.39 is 6.03 Å². The SMILES string of the molecule is CCCN(C(N)=O)c1cc(CSc2ncccc2C(=O)Nc2ccc(Cl)cc2)ccn1. The Morgan fingerprint density at radius 1 is 1.13 bits per heavy atom. The molecule has 160 valence electrons. The summed E-state index contributed by atoms with van der Waals surface area (Å²) >= 11 is 7.32. The van der Waals surface area contributed by atoms with E-state index >= 15 is 0 Å². The molecule has 0 aliphatic carbocycles. The number of nitrogens with one attached hydrogen (secondary N) is 1. The lowest BCUT2D eigenvalue weighted by Gasteiger charge is -2.19. The number of carbonyl (C=O) groups excluding carboxylic acids is 2. The van der Waals surface area contributed by atoms with Gasteiger partial charge in [0.15, 0.2) is 0 Å². The average molecular weight is 456 g/mol. The highest BCUT2D eigenvalue weighted by molar-refractivity contribution is 7.98. The number of anilines is 2. The highest BCUT2D eigenvalue weighted by Gasteiger charge is 2.15. The maximum Gasteiger partial charge on any atom is 0.320 e. The molecule has 31 heavy (non-hydrogen) atoms. The van der Waals surface area contributed by atoms with E-state index in [0.717, 1.165) is 12.0 Å². The number of hydrogen-bond acceptors (Lipinski definition) is 5. The first-order valence-corrected chi connectivity index (χ1v) is 11.0. The maximum absolute atomic E-state index is 12.8. The summed E-state index contributed by atoms with van der Waals surface area (Å²) in [6, 6.07) is 13.5. The van der Waals surface area contributed by atoms with Crippen LogP contribution in [0.5, 0.6) is 0 Å². The monoisotopic (exact) mass is 455 g/mol. The van der Waals surface area contributed by atoms with Crippen molar-refractivity contribution in [3.05, 3.63) is 77.1 Å². The van der Waals surface area contributed by atoms with E-state index in [-0.39, 0.29) is 5.91 Å². The van der Waals surface area contributed by atoms with Crippen LogP contribution >= 0.6 is 23.4 Å². The molecule has 2 heterocycles. The molecule has 3 N–H and O–H groups in total. The number of thioether (sulfide) groups is 1. The van der Waals surface area contributed by atoms with Gasteiger partial charge < -0.3 is 11.1 Å². The van der Waals surface area contributed by atoms with Crippen molar-refractivity contribution in [1.82, 2.24) is 9.97 Å². The first-order valence-electron chi connectivity index (χ1n) is 9.64. The molecule has 0 unspecified atom stereocenters. The number of halogens is 1. The van der Waals surface area contributed by atoms with Gasteiger partial charge in [0.1, 0.15) is 10.8 Å². The van der Waals surface area contributed by atoms with E-state index in [1.165, 1.54) is 16.7 Å². The molecule has 0 aliphatic heterocycles. The molecular formula is C22H22ClN5O2S. The van der Waals surface area contributed by atoms with Crippen LogP contribution in [0, 0.1) is 0 Å². The van der Waals surface area contributed by atoms with Crippen LogP contribution in [0.25, 0.3) is 0 Å². The third-order valence-electron chi connectivity index (χ3n) is 4.29. The Kier molecular flexibility index (Phi) is 7.86. The second-order valence-corrected chi connectivity index (χ2v) is 8.02. The van der Waals surface area contributed by atoms with Gasteiger partial charge in [0.05, 0.1) is 5.56 Å². The lowest BCUT2D eigenvalue weighted by molar-refractivity contribution is 0.102. The van der Waals surface area contributed by atoms with Crippen molar-refractivity contribution >= 4 is 46.8 Å². The number of rotatable bonds is 8. The van der Waals surface area contributed by atoms with Gasteiger partial charge >= 0.3 is 6.03 Å². The number of benzene rings is 1. The third-order valence-corrected chi connectivity index (χ3v) is 5.62. The Labute approximate surface area is 190 Å². The number of hydrogen-bond donors (Lipinski definition) is 2. The van der Waals surface area contributed by atoms with Crippen LogP contribution in [0.1, 0.15) is 29.3 Å². The zero-order valence-corrected chi connectivity index (χ0v) is 18.5. The number of pyridine rings is 2. The Bertz CT molecular complexity index is 1060. The molecule has 9 heteroatoms. The fourth-order valence-electron chi connectivity index (χ4n) is 2.82. The number of aromatic nitrogens is 2. The minimum Gasteiger partial charge on any atom is -0.351 e. The number of urea groups is 1. The largest absolute Gasteiger partial charge is 0.351 e. The van der Waals surface area contributed by atoms with Crippen LogP contribution in [0.4, 0.5) is 16.3 Å². The van der Waals surface area contributed by atoms with Gasteiger partial charge in [-0.2, -0.15) is 0 Å². The summed E-state index contributed by atoms with van der Waals surface area (Å²) in [5, 5.41) is 4.06. The highest BCUT2D eigenvalue weighted by Crippen LogP contribution is 2.26. The fraction of sp³-hybridized carbons (Fsp3) is 0.182. The summed E-state index contributed by atoms with van der Waals surface area (Å²) in [6.07, 6.45) is 4.06. The van der Waals surface area contributed by atoms with Crippen LogP contribution in [0.3, 0.4) is 0 Å². The predicted molar refractivity (Wildman–Crippen MR) is 125 cm³/mol. The van der Waals surface area contributed by atoms with Crippen LogP contribution in [0.2, 0.25) is 5.02 Å². The Balaban J connectivity index is 1.73. The predicted octanol–water partition coefficient (Wildman–Crippen LogP) is 4.97. The zero-order valence-electron chi connectivity index (χ0n) is 16.9. The van der Waals surface area contributed by atoms with Gasteiger partial charge in [0.25, 0.3) is 5.91 Å². The minimum atomic E-state index is -0.537. The molecule has 7 nitrogen and oxygen atoms in total. The van der Waals surface area contributed by atoms with Crippen molar-refractivity contribution in [1.29, 1.82) is 0 Å². The normalized spacial score (nSPS) is 10.5. The van der Waals surface area contributed by atoms with E-state index in [2.05, 4.69) is 15.3 Å². The lowest BCUT2D eigenvalue weighted by Crippen LogP contribution is -2.36. The number of nitrogens with two attached hydrogens (primary N) is 1. The molecule has 1 aromatic carbocycles. The van der Waals surface area contributed by atoms with Gasteiger partial charge in [-0.05, 0) is 60.5 Å². The van der Waals surface area contributed by atoms with Gasteiger partial charge in [0, 0.05) is 35.4 Å². The molecule has 0 aliphatic rings. The van der Waals surface area contributed by atoms with Gasteiger partial charge in [-0.15, -0.1) is 11.8 Å². The van der Waals surface area contributed by atoms with Crippen molar-refractivity contribution < 1.29 is 9.59 Å². The summed E-state index contributed by atoms with van der Waals surface area (Å²) in [5.41, 5.74) is 7.53. The number of nitrogens with zero attached hydrogens (tertiary/aromatic N) is 3. The quantitative estimate of drug-likeness (QED) is 0.467. The molecule has 3 rings (SSSR count). The molecule has 0 bridgehead atoms. The molecule has 3 amide bonds. The van der Waals surface area contributed by atoms with Crippen LogP contribution < -0.4 is 16.0 Å². The minimum absolute atomic E-state index is 0.254. The Hall–Kier alpha value is -3.10. The summed E-state index contributed by atoms with van der Waals surface area (Å²) in [4.78, 5) is 34.5. The van der Waals surface area contributed by atoms with Gasteiger partial charge in [0.2, 0.25) is 0 Å². The Morgan fingerprint density at radius 3 is 2.61 bits per heavy atom. The summed E-state index contributed by atoms with van der Waals surface area (Å²) in [5.74, 6) is 0.803. The molecule has 3 aromatic rings. The summed E-state index contributed by atoms with van der Waals surface area (Å²) in [7, 11) is 0. The van der Waals surface area contributed by atoms with Crippen molar-refractivity contribution in [3.8, 4) is 0 Å². The van der Waals surface area contributed by atoms with Gasteiger partial charge in [-0.1, -0.05) is 18.5 Å².